The Balaban J connectivity index is 3.55. The predicted octanol–water partition coefficient (Wildman–Crippen LogP) is 4.95. The van der Waals surface area contributed by atoms with Gasteiger partial charge in [0.25, 0.3) is 0 Å². The smallest absolute Gasteiger partial charge is 0.119 e. The molecule has 1 N–H and O–H groups in total. The van der Waals surface area contributed by atoms with Gasteiger partial charge in [-0.3, -0.25) is 0 Å². The summed E-state index contributed by atoms with van der Waals surface area (Å²) in [5.74, 6) is 1.71. The summed E-state index contributed by atoms with van der Waals surface area (Å²) in [4.78, 5) is 0. The topological polar surface area (TPSA) is 20.2 Å². The lowest BCUT2D eigenvalue weighted by Gasteiger charge is -2.29. The maximum Gasteiger partial charge on any atom is 0.119 e. The molecule has 1 aromatic carbocycles. The molecule has 0 heterocycles. The van der Waals surface area contributed by atoms with Crippen LogP contribution in [0.1, 0.15) is 72.1 Å². The Morgan fingerprint density at radius 1 is 0.833 bits per heavy atom. The molecule has 101 valence electrons. The van der Waals surface area contributed by atoms with Crippen molar-refractivity contribution in [3.63, 3.8) is 0 Å². The molecule has 0 unspecified atom stereocenters. The van der Waals surface area contributed by atoms with Gasteiger partial charge in [0.2, 0.25) is 0 Å². The van der Waals surface area contributed by atoms with Crippen LogP contribution in [0.5, 0.6) is 5.75 Å². The minimum atomic E-state index is -0.0370. The molecule has 0 amide bonds. The second-order valence-corrected chi connectivity index (χ2v) is 7.41. The zero-order valence-electron chi connectivity index (χ0n) is 13.1. The van der Waals surface area contributed by atoms with E-state index in [2.05, 4.69) is 61.5 Å². The second kappa shape index (κ2) is 4.60. The van der Waals surface area contributed by atoms with Gasteiger partial charge in [0, 0.05) is 0 Å². The number of phenolic OH excluding ortho intramolecular Hbond substituents is 1. The van der Waals surface area contributed by atoms with Crippen molar-refractivity contribution in [3.05, 3.63) is 34.7 Å². The summed E-state index contributed by atoms with van der Waals surface area (Å²) in [5, 5.41) is 10.3. The standard InChI is InChI=1S/C17H27O/c1-11(2)12-9-14(17(6,7)8)15(18)10-13(12)16(3,4)5/h9-10,18H,1-8H3. The molecule has 0 bridgehead atoms. The van der Waals surface area contributed by atoms with Crippen molar-refractivity contribution in [2.45, 2.75) is 66.2 Å². The Morgan fingerprint density at radius 2 is 1.28 bits per heavy atom. The van der Waals surface area contributed by atoms with E-state index in [1.165, 1.54) is 17.0 Å². The summed E-state index contributed by atoms with van der Waals surface area (Å²) in [6, 6.07) is 4.11. The Bertz CT molecular complexity index is 428. The van der Waals surface area contributed by atoms with E-state index in [0.717, 1.165) is 5.56 Å². The molecular weight excluding hydrogens is 220 g/mol. The van der Waals surface area contributed by atoms with E-state index >= 15 is 0 Å². The van der Waals surface area contributed by atoms with Crippen molar-refractivity contribution in [2.75, 3.05) is 0 Å². The van der Waals surface area contributed by atoms with Gasteiger partial charge in [-0.1, -0.05) is 61.5 Å². The van der Waals surface area contributed by atoms with Crippen molar-refractivity contribution in [2.24, 2.45) is 0 Å². The van der Waals surface area contributed by atoms with E-state index in [1.54, 1.807) is 0 Å². The first-order valence-corrected chi connectivity index (χ1v) is 6.63. The molecular formula is C17H27O. The van der Waals surface area contributed by atoms with E-state index in [4.69, 9.17) is 0 Å². The van der Waals surface area contributed by atoms with Gasteiger partial charge >= 0.3 is 0 Å². The van der Waals surface area contributed by atoms with Crippen LogP contribution in [0.25, 0.3) is 0 Å². The first-order valence-electron chi connectivity index (χ1n) is 6.63. The highest BCUT2D eigenvalue weighted by Gasteiger charge is 2.25. The molecule has 0 aliphatic carbocycles. The van der Waals surface area contributed by atoms with Gasteiger partial charge in [-0.25, -0.2) is 0 Å². The molecule has 1 aromatic rings. The van der Waals surface area contributed by atoms with Crippen molar-refractivity contribution >= 4 is 0 Å². The monoisotopic (exact) mass is 247 g/mol. The third kappa shape index (κ3) is 3.07. The Kier molecular flexibility index (Phi) is 3.86. The first-order chi connectivity index (χ1) is 7.94. The molecule has 0 saturated heterocycles. The van der Waals surface area contributed by atoms with Crippen molar-refractivity contribution in [3.8, 4) is 5.75 Å². The van der Waals surface area contributed by atoms with Crippen molar-refractivity contribution < 1.29 is 5.11 Å². The zero-order valence-corrected chi connectivity index (χ0v) is 13.1. The lowest BCUT2D eigenvalue weighted by Crippen LogP contribution is -2.18. The molecule has 1 rings (SSSR count). The maximum atomic E-state index is 10.3. The van der Waals surface area contributed by atoms with Crippen LogP contribution < -0.4 is 0 Å². The number of hydrogen-bond donors (Lipinski definition) is 1. The largest absolute Gasteiger partial charge is 0.508 e. The number of rotatable bonds is 1. The lowest BCUT2D eigenvalue weighted by molar-refractivity contribution is 0.442. The summed E-state index contributed by atoms with van der Waals surface area (Å²) in [6.45, 7) is 17.2. The third-order valence-electron chi connectivity index (χ3n) is 3.29. The van der Waals surface area contributed by atoms with Gasteiger partial charge in [0.05, 0.1) is 0 Å². The molecule has 18 heavy (non-hydrogen) atoms. The van der Waals surface area contributed by atoms with Crippen molar-refractivity contribution in [1.29, 1.82) is 0 Å². The van der Waals surface area contributed by atoms with E-state index in [-0.39, 0.29) is 10.8 Å². The Labute approximate surface area is 112 Å². The van der Waals surface area contributed by atoms with Crippen LogP contribution in [0.4, 0.5) is 0 Å². The lowest BCUT2D eigenvalue weighted by atomic mass is 9.76. The molecule has 0 aromatic heterocycles. The van der Waals surface area contributed by atoms with Gasteiger partial charge < -0.3 is 5.11 Å². The molecule has 0 aliphatic rings. The highest BCUT2D eigenvalue weighted by atomic mass is 16.3. The fourth-order valence-electron chi connectivity index (χ4n) is 2.22. The molecule has 0 fully saturated rings. The van der Waals surface area contributed by atoms with Crippen LogP contribution in [-0.4, -0.2) is 5.11 Å². The molecule has 0 atom stereocenters. The molecule has 1 nitrogen and oxygen atoms in total. The molecule has 1 heteroatoms. The fraction of sp³-hybridized carbons (Fsp3) is 0.588. The Hall–Kier alpha value is -0.980. The van der Waals surface area contributed by atoms with Crippen LogP contribution in [0, 0.1) is 5.92 Å². The number of phenols is 1. The average molecular weight is 247 g/mol. The number of benzene rings is 1. The molecule has 1 radical (unpaired) electrons. The summed E-state index contributed by atoms with van der Waals surface area (Å²) in [5.41, 5.74) is 3.51. The average Bonchev–Trinajstić information content (AvgIpc) is 2.13. The SMILES string of the molecule is C[C](C)c1cc(C(C)(C)C)c(O)cc1C(C)(C)C. The van der Waals surface area contributed by atoms with Crippen molar-refractivity contribution in [1.82, 2.24) is 0 Å². The Morgan fingerprint density at radius 3 is 1.61 bits per heavy atom. The van der Waals surface area contributed by atoms with E-state index in [0.29, 0.717) is 5.75 Å². The number of aromatic hydroxyl groups is 1. The van der Waals surface area contributed by atoms with Gasteiger partial charge in [0.1, 0.15) is 5.75 Å². The summed E-state index contributed by atoms with van der Waals surface area (Å²) < 4.78 is 0. The zero-order chi connectivity index (χ0) is 14.3. The first kappa shape index (κ1) is 15.1. The van der Waals surface area contributed by atoms with Crippen LogP contribution in [0.15, 0.2) is 12.1 Å². The summed E-state index contributed by atoms with van der Waals surface area (Å²) >= 11 is 0. The fourth-order valence-corrected chi connectivity index (χ4v) is 2.22. The third-order valence-corrected chi connectivity index (χ3v) is 3.29. The van der Waals surface area contributed by atoms with Crippen LogP contribution in [0.3, 0.4) is 0 Å². The quantitative estimate of drug-likeness (QED) is 0.744. The van der Waals surface area contributed by atoms with Crippen LogP contribution >= 0.6 is 0 Å². The maximum absolute atomic E-state index is 10.3. The van der Waals surface area contributed by atoms with Gasteiger partial charge in [0.15, 0.2) is 0 Å². The normalized spacial score (nSPS) is 13.2. The summed E-state index contributed by atoms with van der Waals surface area (Å²) in [7, 11) is 0. The molecule has 0 aliphatic heterocycles. The molecule has 0 spiro atoms. The van der Waals surface area contributed by atoms with E-state index < -0.39 is 0 Å². The van der Waals surface area contributed by atoms with Crippen LogP contribution in [-0.2, 0) is 10.8 Å². The van der Waals surface area contributed by atoms with Gasteiger partial charge in [-0.05, 0) is 39.5 Å². The predicted molar refractivity (Wildman–Crippen MR) is 79.2 cm³/mol. The highest BCUT2D eigenvalue weighted by Crippen LogP contribution is 2.39. The van der Waals surface area contributed by atoms with E-state index in [1.807, 2.05) is 6.07 Å². The van der Waals surface area contributed by atoms with Gasteiger partial charge in [-0.15, -0.1) is 0 Å². The number of hydrogen-bond acceptors (Lipinski definition) is 1. The van der Waals surface area contributed by atoms with Crippen LogP contribution in [0.2, 0.25) is 0 Å². The minimum Gasteiger partial charge on any atom is -0.508 e. The molecule has 0 saturated carbocycles. The van der Waals surface area contributed by atoms with E-state index in [9.17, 15) is 5.11 Å². The highest BCUT2D eigenvalue weighted by molar-refractivity contribution is 5.51. The summed E-state index contributed by atoms with van der Waals surface area (Å²) in [6.07, 6.45) is 0. The second-order valence-electron chi connectivity index (χ2n) is 7.41. The van der Waals surface area contributed by atoms with Gasteiger partial charge in [-0.2, -0.15) is 0 Å². The minimum absolute atomic E-state index is 0.0370.